The van der Waals surface area contributed by atoms with Crippen molar-refractivity contribution in [3.8, 4) is 0 Å². The molecule has 0 radical (unpaired) electrons. The molecule has 8 heteroatoms. The Morgan fingerprint density at radius 2 is 1.85 bits per heavy atom. The zero-order valence-corrected chi connectivity index (χ0v) is 19.5. The second kappa shape index (κ2) is 14.1. The average Bonchev–Trinajstić information content (AvgIpc) is 2.98. The van der Waals surface area contributed by atoms with Gasteiger partial charge in [-0.25, -0.2) is 4.99 Å². The lowest BCUT2D eigenvalue weighted by molar-refractivity contribution is 0.195. The van der Waals surface area contributed by atoms with Crippen molar-refractivity contribution >= 4 is 29.9 Å². The van der Waals surface area contributed by atoms with Crippen LogP contribution in [0.3, 0.4) is 0 Å². The average molecular weight is 492 g/mol. The van der Waals surface area contributed by atoms with Crippen molar-refractivity contribution in [2.45, 2.75) is 64.8 Å². The van der Waals surface area contributed by atoms with E-state index in [-0.39, 0.29) is 24.0 Å². The third-order valence-electron chi connectivity index (χ3n) is 5.19. The number of halogens is 1. The predicted octanol–water partition coefficient (Wildman–Crippen LogP) is 3.17. The minimum absolute atomic E-state index is 0. The lowest BCUT2D eigenvalue weighted by atomic mass is 9.86. The van der Waals surface area contributed by atoms with Crippen molar-refractivity contribution in [1.29, 1.82) is 0 Å². The summed E-state index contributed by atoms with van der Waals surface area (Å²) in [6.07, 6.45) is 10.6. The Morgan fingerprint density at radius 1 is 1.15 bits per heavy atom. The number of nitrogens with zero attached hydrogens (tertiary/aromatic N) is 4. The van der Waals surface area contributed by atoms with E-state index in [0.717, 1.165) is 49.6 Å². The fourth-order valence-electron chi connectivity index (χ4n) is 3.41. The van der Waals surface area contributed by atoms with Crippen LogP contribution in [0.15, 0.2) is 4.99 Å². The number of aliphatic imine (C=N–C) groups is 1. The third-order valence-corrected chi connectivity index (χ3v) is 5.19. The van der Waals surface area contributed by atoms with E-state index < -0.39 is 0 Å². The van der Waals surface area contributed by atoms with Gasteiger partial charge in [-0.05, 0) is 32.1 Å². The highest BCUT2D eigenvalue weighted by molar-refractivity contribution is 14.0. The van der Waals surface area contributed by atoms with E-state index in [1.54, 1.807) is 7.11 Å². The summed E-state index contributed by atoms with van der Waals surface area (Å²) in [6, 6.07) is 0. The molecule has 0 amide bonds. The Balaban J connectivity index is 0.00000364. The van der Waals surface area contributed by atoms with E-state index >= 15 is 0 Å². The number of hydrogen-bond acceptors (Lipinski definition) is 4. The molecule has 1 aromatic heterocycles. The van der Waals surface area contributed by atoms with Gasteiger partial charge in [-0.2, -0.15) is 0 Å². The maximum atomic E-state index is 5.12. The Hall–Kier alpha value is -0.900. The highest BCUT2D eigenvalue weighted by atomic mass is 127. The third kappa shape index (κ3) is 9.23. The summed E-state index contributed by atoms with van der Waals surface area (Å²) in [5.74, 6) is 3.57. The van der Waals surface area contributed by atoms with Crippen LogP contribution in [0, 0.1) is 12.8 Å². The smallest absolute Gasteiger partial charge is 0.191 e. The fraction of sp³-hybridized carbons (Fsp3) is 0.842. The normalized spacial score (nSPS) is 15.4. The van der Waals surface area contributed by atoms with Gasteiger partial charge < -0.3 is 19.9 Å². The molecular formula is C19H37IN6O. The molecule has 0 saturated heterocycles. The summed E-state index contributed by atoms with van der Waals surface area (Å²) in [7, 11) is 3.71. The van der Waals surface area contributed by atoms with Gasteiger partial charge in [0, 0.05) is 33.9 Å². The molecule has 1 heterocycles. The largest absolute Gasteiger partial charge is 0.385 e. The molecule has 0 aromatic carbocycles. The van der Waals surface area contributed by atoms with Crippen LogP contribution in [0.2, 0.25) is 0 Å². The van der Waals surface area contributed by atoms with Gasteiger partial charge in [0.25, 0.3) is 0 Å². The molecule has 1 aromatic rings. The molecular weight excluding hydrogens is 455 g/mol. The minimum atomic E-state index is 0. The van der Waals surface area contributed by atoms with Crippen molar-refractivity contribution < 1.29 is 4.74 Å². The van der Waals surface area contributed by atoms with E-state index in [9.17, 15) is 0 Å². The first-order chi connectivity index (χ1) is 12.7. The molecule has 2 rings (SSSR count). The topological polar surface area (TPSA) is 76.4 Å². The van der Waals surface area contributed by atoms with E-state index in [2.05, 4.69) is 25.8 Å². The van der Waals surface area contributed by atoms with Crippen LogP contribution in [0.25, 0.3) is 0 Å². The van der Waals surface area contributed by atoms with E-state index in [1.165, 1.54) is 44.9 Å². The molecule has 0 unspecified atom stereocenters. The van der Waals surface area contributed by atoms with Gasteiger partial charge in [-0.15, -0.1) is 34.2 Å². The lowest BCUT2D eigenvalue weighted by Gasteiger charge is -2.21. The number of aromatic nitrogens is 3. The molecule has 0 aliphatic heterocycles. The molecule has 1 saturated carbocycles. The molecule has 0 atom stereocenters. The van der Waals surface area contributed by atoms with Crippen LogP contribution in [-0.4, -0.2) is 47.5 Å². The zero-order chi connectivity index (χ0) is 18.6. The number of hydrogen-bond donors (Lipinski definition) is 2. The Bertz CT molecular complexity index is 542. The first-order valence-corrected chi connectivity index (χ1v) is 10.1. The van der Waals surface area contributed by atoms with E-state index in [4.69, 9.17) is 4.74 Å². The van der Waals surface area contributed by atoms with Crippen molar-refractivity contribution in [2.75, 3.05) is 26.8 Å². The number of ether oxygens (including phenoxy) is 1. The maximum Gasteiger partial charge on any atom is 0.191 e. The summed E-state index contributed by atoms with van der Waals surface area (Å²) >= 11 is 0. The second-order valence-electron chi connectivity index (χ2n) is 7.23. The summed E-state index contributed by atoms with van der Waals surface area (Å²) < 4.78 is 7.10. The van der Waals surface area contributed by atoms with Gasteiger partial charge in [0.1, 0.15) is 12.4 Å². The van der Waals surface area contributed by atoms with E-state index in [1.807, 2.05) is 18.5 Å². The summed E-state index contributed by atoms with van der Waals surface area (Å²) in [5, 5.41) is 15.1. The summed E-state index contributed by atoms with van der Waals surface area (Å²) in [4.78, 5) is 4.68. The highest BCUT2D eigenvalue weighted by Gasteiger charge is 2.12. The zero-order valence-electron chi connectivity index (χ0n) is 17.2. The van der Waals surface area contributed by atoms with Crippen molar-refractivity contribution in [3.63, 3.8) is 0 Å². The van der Waals surface area contributed by atoms with Crippen LogP contribution < -0.4 is 10.6 Å². The van der Waals surface area contributed by atoms with Gasteiger partial charge in [0.05, 0.1) is 0 Å². The molecule has 156 valence electrons. The molecule has 7 nitrogen and oxygen atoms in total. The monoisotopic (exact) mass is 492 g/mol. The summed E-state index contributed by atoms with van der Waals surface area (Å²) in [5.41, 5.74) is 0. The molecule has 27 heavy (non-hydrogen) atoms. The summed E-state index contributed by atoms with van der Waals surface area (Å²) in [6.45, 7) is 5.04. The van der Waals surface area contributed by atoms with Crippen LogP contribution in [0.4, 0.5) is 0 Å². The van der Waals surface area contributed by atoms with Crippen LogP contribution in [0.1, 0.15) is 63.0 Å². The first-order valence-electron chi connectivity index (χ1n) is 10.1. The highest BCUT2D eigenvalue weighted by Crippen LogP contribution is 2.26. The SMILES string of the molecule is COCCCNC(=NCc1nnc(C)n1C)NCCCC1CCCCC1.I. The number of aryl methyl sites for hydroxylation is 1. The number of rotatable bonds is 10. The van der Waals surface area contributed by atoms with Crippen molar-refractivity contribution in [3.05, 3.63) is 11.6 Å². The van der Waals surface area contributed by atoms with Crippen LogP contribution >= 0.6 is 24.0 Å². The Labute approximate surface area is 181 Å². The lowest BCUT2D eigenvalue weighted by Crippen LogP contribution is -2.38. The van der Waals surface area contributed by atoms with Gasteiger partial charge in [0.2, 0.25) is 0 Å². The number of guanidine groups is 1. The molecule has 1 aliphatic carbocycles. The Morgan fingerprint density at radius 3 is 2.48 bits per heavy atom. The van der Waals surface area contributed by atoms with Gasteiger partial charge in [-0.3, -0.25) is 0 Å². The van der Waals surface area contributed by atoms with Gasteiger partial charge >= 0.3 is 0 Å². The van der Waals surface area contributed by atoms with Crippen LogP contribution in [0.5, 0.6) is 0 Å². The molecule has 0 bridgehead atoms. The fourth-order valence-corrected chi connectivity index (χ4v) is 3.41. The second-order valence-corrected chi connectivity index (χ2v) is 7.23. The van der Waals surface area contributed by atoms with Crippen molar-refractivity contribution in [2.24, 2.45) is 18.0 Å². The molecule has 1 fully saturated rings. The van der Waals surface area contributed by atoms with Crippen LogP contribution in [-0.2, 0) is 18.3 Å². The number of methoxy groups -OCH3 is 1. The minimum Gasteiger partial charge on any atom is -0.385 e. The standard InChI is InChI=1S/C19H36N6O.HI/c1-16-23-24-18(25(16)2)15-22-19(21-13-8-14-26-3)20-12-7-11-17-9-5-4-6-10-17;/h17H,4-15H2,1-3H3,(H2,20,21,22);1H. The van der Waals surface area contributed by atoms with E-state index in [0.29, 0.717) is 6.54 Å². The van der Waals surface area contributed by atoms with Crippen molar-refractivity contribution in [1.82, 2.24) is 25.4 Å². The quantitative estimate of drug-likeness (QED) is 0.227. The van der Waals surface area contributed by atoms with Gasteiger partial charge in [0.15, 0.2) is 11.8 Å². The molecule has 2 N–H and O–H groups in total. The molecule has 1 aliphatic rings. The molecule has 0 spiro atoms. The number of nitrogens with one attached hydrogen (secondary N) is 2. The maximum absolute atomic E-state index is 5.12. The van der Waals surface area contributed by atoms with Gasteiger partial charge in [-0.1, -0.05) is 32.1 Å². The Kier molecular flexibility index (Phi) is 12.6. The first kappa shape index (κ1) is 24.1. The predicted molar refractivity (Wildman–Crippen MR) is 121 cm³/mol.